The fourth-order valence-electron chi connectivity index (χ4n) is 2.84. The second-order valence-corrected chi connectivity index (χ2v) is 7.27. The molecular formula is C19H14ClNO4S. The van der Waals surface area contributed by atoms with Gasteiger partial charge in [0.25, 0.3) is 5.88 Å². The van der Waals surface area contributed by atoms with Crippen molar-refractivity contribution in [3.05, 3.63) is 58.3 Å². The first kappa shape index (κ1) is 16.9. The van der Waals surface area contributed by atoms with E-state index in [4.69, 9.17) is 25.2 Å². The highest BCUT2D eigenvalue weighted by Crippen LogP contribution is 2.35. The van der Waals surface area contributed by atoms with Gasteiger partial charge in [-0.2, -0.15) is 4.98 Å². The van der Waals surface area contributed by atoms with Gasteiger partial charge < -0.3 is 13.6 Å². The van der Waals surface area contributed by atoms with E-state index in [1.54, 1.807) is 12.3 Å². The molecular weight excluding hydrogens is 374 g/mol. The molecule has 1 unspecified atom stereocenters. The molecule has 5 nitrogen and oxygen atoms in total. The zero-order valence-corrected chi connectivity index (χ0v) is 15.3. The summed E-state index contributed by atoms with van der Waals surface area (Å²) in [5, 5.41) is 2.77. The van der Waals surface area contributed by atoms with Crippen LogP contribution in [-0.2, 0) is 4.79 Å². The van der Waals surface area contributed by atoms with Crippen molar-refractivity contribution in [1.29, 1.82) is 0 Å². The van der Waals surface area contributed by atoms with Gasteiger partial charge >= 0.3 is 5.97 Å². The maximum atomic E-state index is 12.8. The molecule has 0 aliphatic carbocycles. The minimum Gasteiger partial charge on any atom is -0.464 e. The summed E-state index contributed by atoms with van der Waals surface area (Å²) < 4.78 is 16.9. The first-order valence-corrected chi connectivity index (χ1v) is 9.28. The Morgan fingerprint density at radius 3 is 2.96 bits per heavy atom. The molecule has 0 N–H and O–H groups in total. The third-order valence-electron chi connectivity index (χ3n) is 4.13. The van der Waals surface area contributed by atoms with Crippen LogP contribution in [0.25, 0.3) is 22.3 Å². The normalized spacial score (nSPS) is 12.4. The first-order chi connectivity index (χ1) is 12.7. The molecule has 26 heavy (non-hydrogen) atoms. The molecule has 132 valence electrons. The van der Waals surface area contributed by atoms with Crippen LogP contribution in [0.15, 0.2) is 57.2 Å². The summed E-state index contributed by atoms with van der Waals surface area (Å²) in [6, 6.07) is 9.29. The Kier molecular flexibility index (Phi) is 4.53. The Balaban J connectivity index is 1.59. The van der Waals surface area contributed by atoms with Gasteiger partial charge in [0.1, 0.15) is 5.58 Å². The molecule has 3 aromatic heterocycles. The molecule has 0 saturated carbocycles. The quantitative estimate of drug-likeness (QED) is 0.399. The monoisotopic (exact) mass is 387 g/mol. The Hall–Kier alpha value is -2.57. The van der Waals surface area contributed by atoms with Crippen LogP contribution in [-0.4, -0.2) is 11.0 Å². The number of rotatable bonds is 5. The molecule has 7 heteroatoms. The van der Waals surface area contributed by atoms with Crippen LogP contribution in [0.2, 0.25) is 4.34 Å². The van der Waals surface area contributed by atoms with Crippen molar-refractivity contribution in [3.63, 3.8) is 0 Å². The number of thiophene rings is 1. The first-order valence-electron chi connectivity index (χ1n) is 8.02. The van der Waals surface area contributed by atoms with Crippen LogP contribution in [0.1, 0.15) is 24.8 Å². The zero-order chi connectivity index (χ0) is 18.1. The summed E-state index contributed by atoms with van der Waals surface area (Å²) >= 11 is 7.34. The standard InChI is InChI=1S/C19H14ClNO4S/c1-2-14(11-3-4-15-12(7-11)5-6-23-15)19(22)25-18-17(24-10-21-18)13-8-16(20)26-9-13/h3-10,14H,2H2,1H3. The highest BCUT2D eigenvalue weighted by atomic mass is 35.5. The van der Waals surface area contributed by atoms with Crippen LogP contribution in [0.3, 0.4) is 0 Å². The van der Waals surface area contributed by atoms with Gasteiger partial charge in [-0.3, -0.25) is 4.79 Å². The molecule has 0 fully saturated rings. The Morgan fingerprint density at radius 1 is 1.31 bits per heavy atom. The molecule has 0 amide bonds. The van der Waals surface area contributed by atoms with Gasteiger partial charge in [0.2, 0.25) is 0 Å². The number of hydrogen-bond acceptors (Lipinski definition) is 6. The smallest absolute Gasteiger partial charge is 0.320 e. The Labute approximate surface area is 158 Å². The molecule has 4 rings (SSSR count). The van der Waals surface area contributed by atoms with Crippen LogP contribution < -0.4 is 4.74 Å². The number of carbonyl (C=O) groups is 1. The van der Waals surface area contributed by atoms with Gasteiger partial charge in [0.15, 0.2) is 12.2 Å². The SMILES string of the molecule is CCC(C(=O)Oc1ncoc1-c1csc(Cl)c1)c1ccc2occc2c1. The fraction of sp³-hybridized carbons (Fsp3) is 0.158. The number of halogens is 1. The molecule has 1 atom stereocenters. The van der Waals surface area contributed by atoms with Crippen molar-refractivity contribution in [2.75, 3.05) is 0 Å². The van der Waals surface area contributed by atoms with Gasteiger partial charge in [0, 0.05) is 16.3 Å². The minimum atomic E-state index is -0.412. The van der Waals surface area contributed by atoms with Gasteiger partial charge in [-0.25, -0.2) is 0 Å². The highest BCUT2D eigenvalue weighted by Gasteiger charge is 2.25. The van der Waals surface area contributed by atoms with E-state index in [0.717, 1.165) is 22.1 Å². The number of benzene rings is 1. The van der Waals surface area contributed by atoms with Gasteiger partial charge in [-0.1, -0.05) is 24.6 Å². The number of hydrogen-bond donors (Lipinski definition) is 0. The van der Waals surface area contributed by atoms with Gasteiger partial charge in [-0.15, -0.1) is 11.3 Å². The van der Waals surface area contributed by atoms with Gasteiger partial charge in [-0.05, 0) is 36.2 Å². The minimum absolute atomic E-state index is 0.146. The van der Waals surface area contributed by atoms with E-state index in [2.05, 4.69) is 4.98 Å². The summed E-state index contributed by atoms with van der Waals surface area (Å²) in [5.41, 5.74) is 2.38. The number of furan rings is 1. The summed E-state index contributed by atoms with van der Waals surface area (Å²) in [5.74, 6) is -0.259. The van der Waals surface area contributed by atoms with Crippen molar-refractivity contribution in [2.45, 2.75) is 19.3 Å². The van der Waals surface area contributed by atoms with E-state index in [0.29, 0.717) is 16.5 Å². The topological polar surface area (TPSA) is 65.5 Å². The number of fused-ring (bicyclic) bond motifs is 1. The number of esters is 1. The molecule has 0 spiro atoms. The summed E-state index contributed by atoms with van der Waals surface area (Å²) in [6.45, 7) is 1.94. The second-order valence-electron chi connectivity index (χ2n) is 5.73. The van der Waals surface area contributed by atoms with Crippen molar-refractivity contribution < 1.29 is 18.4 Å². The zero-order valence-electron chi connectivity index (χ0n) is 13.8. The number of ether oxygens (including phenoxy) is 1. The summed E-state index contributed by atoms with van der Waals surface area (Å²) in [4.78, 5) is 16.8. The Morgan fingerprint density at radius 2 is 2.19 bits per heavy atom. The van der Waals surface area contributed by atoms with E-state index < -0.39 is 5.92 Å². The Bertz CT molecular complexity index is 1060. The molecule has 0 radical (unpaired) electrons. The van der Waals surface area contributed by atoms with Crippen molar-refractivity contribution in [3.8, 4) is 17.2 Å². The van der Waals surface area contributed by atoms with Crippen LogP contribution in [0.4, 0.5) is 0 Å². The number of oxazole rings is 1. The van der Waals surface area contributed by atoms with E-state index in [9.17, 15) is 4.79 Å². The fourth-order valence-corrected chi connectivity index (χ4v) is 3.70. The third-order valence-corrected chi connectivity index (χ3v) is 5.22. The molecule has 0 aliphatic heterocycles. The molecule has 4 aromatic rings. The maximum Gasteiger partial charge on any atom is 0.320 e. The van der Waals surface area contributed by atoms with Crippen LogP contribution in [0, 0.1) is 0 Å². The summed E-state index contributed by atoms with van der Waals surface area (Å²) in [6.07, 6.45) is 3.48. The van der Waals surface area contributed by atoms with E-state index in [1.807, 2.05) is 36.6 Å². The van der Waals surface area contributed by atoms with Crippen molar-refractivity contribution >= 4 is 39.9 Å². The number of nitrogens with zero attached hydrogens (tertiary/aromatic N) is 1. The lowest BCUT2D eigenvalue weighted by Crippen LogP contribution is -2.18. The third kappa shape index (κ3) is 3.13. The lowest BCUT2D eigenvalue weighted by molar-refractivity contribution is -0.136. The van der Waals surface area contributed by atoms with Crippen LogP contribution >= 0.6 is 22.9 Å². The second kappa shape index (κ2) is 6.97. The lowest BCUT2D eigenvalue weighted by atomic mass is 9.95. The van der Waals surface area contributed by atoms with Gasteiger partial charge in [0.05, 0.1) is 16.5 Å². The molecule has 3 heterocycles. The van der Waals surface area contributed by atoms with E-state index in [-0.39, 0.29) is 11.8 Å². The summed E-state index contributed by atoms with van der Waals surface area (Å²) in [7, 11) is 0. The average Bonchev–Trinajstić information content (AvgIpc) is 3.35. The number of aromatic nitrogens is 1. The highest BCUT2D eigenvalue weighted by molar-refractivity contribution is 7.14. The predicted octanol–water partition coefficient (Wildman–Crippen LogP) is 5.90. The maximum absolute atomic E-state index is 12.8. The number of carbonyl (C=O) groups excluding carboxylic acids is 1. The predicted molar refractivity (Wildman–Crippen MR) is 99.7 cm³/mol. The average molecular weight is 388 g/mol. The van der Waals surface area contributed by atoms with E-state index in [1.165, 1.54) is 17.7 Å². The molecule has 1 aromatic carbocycles. The van der Waals surface area contributed by atoms with Crippen molar-refractivity contribution in [1.82, 2.24) is 4.98 Å². The molecule has 0 bridgehead atoms. The molecule has 0 aliphatic rings. The van der Waals surface area contributed by atoms with Crippen molar-refractivity contribution in [2.24, 2.45) is 0 Å². The molecule has 0 saturated heterocycles. The lowest BCUT2D eigenvalue weighted by Gasteiger charge is -2.13. The van der Waals surface area contributed by atoms with E-state index >= 15 is 0 Å². The largest absolute Gasteiger partial charge is 0.464 e. The van der Waals surface area contributed by atoms with Crippen LogP contribution in [0.5, 0.6) is 5.88 Å².